The number of halogens is 4. The third-order valence-corrected chi connectivity index (χ3v) is 5.79. The molecule has 4 nitrogen and oxygen atoms in total. The SMILES string of the molecule is CCNC(=NCc1ccc(COCC(F)(F)F)cc1)NCC1(C)CCCS1.I. The van der Waals surface area contributed by atoms with Crippen LogP contribution in [0.2, 0.25) is 0 Å². The molecule has 0 radical (unpaired) electrons. The van der Waals surface area contributed by atoms with Crippen molar-refractivity contribution in [3.63, 3.8) is 0 Å². The van der Waals surface area contributed by atoms with Crippen molar-refractivity contribution in [1.29, 1.82) is 0 Å². The molecule has 9 heteroatoms. The summed E-state index contributed by atoms with van der Waals surface area (Å²) in [6.07, 6.45) is -1.82. The van der Waals surface area contributed by atoms with Crippen LogP contribution < -0.4 is 10.6 Å². The highest BCUT2D eigenvalue weighted by Gasteiger charge is 2.29. The van der Waals surface area contributed by atoms with Crippen LogP contribution in [0.5, 0.6) is 0 Å². The fourth-order valence-corrected chi connectivity index (χ4v) is 4.03. The lowest BCUT2D eigenvalue weighted by Gasteiger charge is -2.24. The van der Waals surface area contributed by atoms with Crippen molar-refractivity contribution in [3.05, 3.63) is 35.4 Å². The number of rotatable bonds is 8. The van der Waals surface area contributed by atoms with Crippen molar-refractivity contribution in [2.75, 3.05) is 25.4 Å². The summed E-state index contributed by atoms with van der Waals surface area (Å²) in [6, 6.07) is 7.29. The number of ether oxygens (including phenoxy) is 1. The first-order valence-electron chi connectivity index (χ1n) is 9.18. The smallest absolute Gasteiger partial charge is 0.367 e. The molecule has 2 rings (SSSR count). The zero-order chi connectivity index (χ0) is 19.8. The van der Waals surface area contributed by atoms with Crippen LogP contribution in [0.15, 0.2) is 29.3 Å². The Kier molecular flexibility index (Phi) is 11.0. The molecule has 0 spiro atoms. The molecule has 0 saturated carbocycles. The zero-order valence-electron chi connectivity index (χ0n) is 16.3. The quantitative estimate of drug-likeness (QED) is 0.290. The minimum atomic E-state index is -4.29. The van der Waals surface area contributed by atoms with E-state index in [2.05, 4.69) is 27.3 Å². The summed E-state index contributed by atoms with van der Waals surface area (Å²) < 4.78 is 41.2. The summed E-state index contributed by atoms with van der Waals surface area (Å²) in [6.45, 7) is 5.18. The van der Waals surface area contributed by atoms with Crippen molar-refractivity contribution in [2.24, 2.45) is 4.99 Å². The van der Waals surface area contributed by atoms with Crippen LogP contribution in [0.4, 0.5) is 13.2 Å². The Bertz CT molecular complexity index is 605. The molecule has 0 aliphatic carbocycles. The minimum Gasteiger partial charge on any atom is -0.367 e. The van der Waals surface area contributed by atoms with Crippen LogP contribution in [0.25, 0.3) is 0 Å². The highest BCUT2D eigenvalue weighted by molar-refractivity contribution is 14.0. The number of benzene rings is 1. The lowest BCUT2D eigenvalue weighted by atomic mass is 10.1. The predicted octanol–water partition coefficient (Wildman–Crippen LogP) is 4.72. The van der Waals surface area contributed by atoms with Crippen LogP contribution in [-0.2, 0) is 17.9 Å². The number of thioether (sulfide) groups is 1. The van der Waals surface area contributed by atoms with E-state index in [0.29, 0.717) is 12.1 Å². The van der Waals surface area contributed by atoms with Gasteiger partial charge in [0.25, 0.3) is 0 Å². The van der Waals surface area contributed by atoms with Gasteiger partial charge in [0.15, 0.2) is 5.96 Å². The molecule has 1 unspecified atom stereocenters. The molecule has 0 bridgehead atoms. The Labute approximate surface area is 186 Å². The first-order chi connectivity index (χ1) is 12.8. The van der Waals surface area contributed by atoms with Gasteiger partial charge in [-0.2, -0.15) is 24.9 Å². The van der Waals surface area contributed by atoms with Crippen LogP contribution in [0.3, 0.4) is 0 Å². The number of aliphatic imine (C=N–C) groups is 1. The van der Waals surface area contributed by atoms with E-state index in [1.54, 1.807) is 12.1 Å². The molecule has 0 aromatic heterocycles. The van der Waals surface area contributed by atoms with Gasteiger partial charge in [0.05, 0.1) is 13.2 Å². The standard InChI is InChI=1S/C19H28F3N3OS.HI/c1-3-23-17(25-13-18(2)9-4-10-27-18)24-11-15-5-7-16(8-6-15)12-26-14-19(20,21)22;/h5-8H,3-4,9-14H2,1-2H3,(H2,23,24,25);1H. The second-order valence-electron chi connectivity index (χ2n) is 6.88. The highest BCUT2D eigenvalue weighted by atomic mass is 127. The van der Waals surface area contributed by atoms with Gasteiger partial charge in [-0.1, -0.05) is 24.3 Å². The predicted molar refractivity (Wildman–Crippen MR) is 120 cm³/mol. The first kappa shape index (κ1) is 25.4. The molecular formula is C19H29F3IN3OS. The molecule has 1 saturated heterocycles. The minimum absolute atomic E-state index is 0. The van der Waals surface area contributed by atoms with E-state index >= 15 is 0 Å². The summed E-state index contributed by atoms with van der Waals surface area (Å²) >= 11 is 2.00. The molecule has 1 aliphatic rings. The maximum Gasteiger partial charge on any atom is 0.411 e. The average molecular weight is 531 g/mol. The van der Waals surface area contributed by atoms with E-state index in [-0.39, 0.29) is 35.3 Å². The second-order valence-corrected chi connectivity index (χ2v) is 8.56. The summed E-state index contributed by atoms with van der Waals surface area (Å²) in [5, 5.41) is 6.67. The lowest BCUT2D eigenvalue weighted by Crippen LogP contribution is -2.43. The Hall–Kier alpha value is -0.680. The van der Waals surface area contributed by atoms with Gasteiger partial charge in [0.2, 0.25) is 0 Å². The number of nitrogens with one attached hydrogen (secondary N) is 2. The Morgan fingerprint density at radius 2 is 1.89 bits per heavy atom. The molecule has 160 valence electrons. The fourth-order valence-electron chi connectivity index (χ4n) is 2.78. The maximum absolute atomic E-state index is 12.1. The van der Waals surface area contributed by atoms with Gasteiger partial charge in [-0.3, -0.25) is 0 Å². The van der Waals surface area contributed by atoms with Crippen LogP contribution in [-0.4, -0.2) is 42.3 Å². The summed E-state index contributed by atoms with van der Waals surface area (Å²) in [4.78, 5) is 4.61. The topological polar surface area (TPSA) is 45.7 Å². The summed E-state index contributed by atoms with van der Waals surface area (Å²) in [5.41, 5.74) is 1.71. The van der Waals surface area contributed by atoms with E-state index in [1.807, 2.05) is 30.8 Å². The van der Waals surface area contributed by atoms with Crippen molar-refractivity contribution >= 4 is 41.7 Å². The number of alkyl halides is 3. The average Bonchev–Trinajstić information content (AvgIpc) is 3.04. The van der Waals surface area contributed by atoms with E-state index in [9.17, 15) is 13.2 Å². The number of guanidine groups is 1. The maximum atomic E-state index is 12.1. The zero-order valence-corrected chi connectivity index (χ0v) is 19.4. The van der Waals surface area contributed by atoms with Crippen molar-refractivity contribution in [1.82, 2.24) is 10.6 Å². The lowest BCUT2D eigenvalue weighted by molar-refractivity contribution is -0.176. The molecule has 28 heavy (non-hydrogen) atoms. The Balaban J connectivity index is 0.00000392. The van der Waals surface area contributed by atoms with Gasteiger partial charge >= 0.3 is 6.18 Å². The Morgan fingerprint density at radius 3 is 2.46 bits per heavy atom. The van der Waals surface area contributed by atoms with E-state index < -0.39 is 12.8 Å². The molecule has 1 fully saturated rings. The highest BCUT2D eigenvalue weighted by Crippen LogP contribution is 2.36. The molecule has 1 aliphatic heterocycles. The molecule has 2 N–H and O–H groups in total. The van der Waals surface area contributed by atoms with E-state index in [4.69, 9.17) is 0 Å². The number of hydrogen-bond acceptors (Lipinski definition) is 3. The molecular weight excluding hydrogens is 502 g/mol. The van der Waals surface area contributed by atoms with Crippen LogP contribution in [0, 0.1) is 0 Å². The number of nitrogens with zero attached hydrogens (tertiary/aromatic N) is 1. The normalized spacial score (nSPS) is 20.0. The largest absolute Gasteiger partial charge is 0.411 e. The van der Waals surface area contributed by atoms with Gasteiger partial charge < -0.3 is 15.4 Å². The number of hydrogen-bond donors (Lipinski definition) is 2. The third kappa shape index (κ3) is 9.69. The van der Waals surface area contributed by atoms with Gasteiger partial charge in [-0.15, -0.1) is 24.0 Å². The second kappa shape index (κ2) is 12.1. The van der Waals surface area contributed by atoms with E-state index in [1.165, 1.54) is 18.6 Å². The van der Waals surface area contributed by atoms with Crippen LogP contribution in [0.1, 0.15) is 37.8 Å². The third-order valence-electron chi connectivity index (χ3n) is 4.25. The van der Waals surface area contributed by atoms with Gasteiger partial charge in [0, 0.05) is 17.8 Å². The van der Waals surface area contributed by atoms with Crippen molar-refractivity contribution < 1.29 is 17.9 Å². The van der Waals surface area contributed by atoms with Crippen LogP contribution >= 0.6 is 35.7 Å². The van der Waals surface area contributed by atoms with Crippen molar-refractivity contribution in [2.45, 2.75) is 50.8 Å². The molecule has 0 amide bonds. The van der Waals surface area contributed by atoms with Gasteiger partial charge in [-0.05, 0) is 43.6 Å². The monoisotopic (exact) mass is 531 g/mol. The first-order valence-corrected chi connectivity index (χ1v) is 10.2. The van der Waals surface area contributed by atoms with Gasteiger partial charge in [-0.25, -0.2) is 4.99 Å². The summed E-state index contributed by atoms with van der Waals surface area (Å²) in [7, 11) is 0. The van der Waals surface area contributed by atoms with Gasteiger partial charge in [0.1, 0.15) is 6.61 Å². The Morgan fingerprint density at radius 1 is 1.21 bits per heavy atom. The fraction of sp³-hybridized carbons (Fsp3) is 0.632. The molecule has 1 atom stereocenters. The molecule has 1 aromatic carbocycles. The summed E-state index contributed by atoms with van der Waals surface area (Å²) in [5.74, 6) is 1.99. The van der Waals surface area contributed by atoms with E-state index in [0.717, 1.165) is 24.6 Å². The van der Waals surface area contributed by atoms with Crippen molar-refractivity contribution in [3.8, 4) is 0 Å². The molecule has 1 aromatic rings. The molecule has 1 heterocycles.